The van der Waals surface area contributed by atoms with E-state index < -0.39 is 20.1 Å². The number of aliphatic imine (C=N–C) groups is 1. The van der Waals surface area contributed by atoms with Gasteiger partial charge in [-0.3, -0.25) is 14.5 Å². The molecule has 146 valence electrons. The monoisotopic (exact) mass is 404 g/mol. The number of phosphoric acid groups is 1. The van der Waals surface area contributed by atoms with Gasteiger partial charge in [0.15, 0.2) is 0 Å². The average molecular weight is 404 g/mol. The molecule has 9 nitrogen and oxygen atoms in total. The van der Waals surface area contributed by atoms with E-state index in [-0.39, 0.29) is 16.9 Å². The van der Waals surface area contributed by atoms with Crippen LogP contribution >= 0.6 is 7.82 Å². The topological polar surface area (TPSA) is 142 Å². The van der Waals surface area contributed by atoms with Crippen LogP contribution < -0.4 is 5.63 Å². The Labute approximate surface area is 159 Å². The van der Waals surface area contributed by atoms with Gasteiger partial charge < -0.3 is 19.3 Å². The SMILES string of the molecule is Cc1ncc(COP(=O)(O)O)c(C=Nc2ccc3c(C)cc(=O)oc3c2)c1O. The largest absolute Gasteiger partial charge is 0.505 e. The first-order valence-corrected chi connectivity index (χ1v) is 9.63. The van der Waals surface area contributed by atoms with Crippen LogP contribution in [0.5, 0.6) is 5.75 Å². The number of aromatic nitrogens is 1. The Bertz CT molecular complexity index is 1180. The minimum absolute atomic E-state index is 0.182. The number of fused-ring (bicyclic) bond motifs is 1. The number of pyridine rings is 1. The van der Waals surface area contributed by atoms with Crippen molar-refractivity contribution >= 4 is 30.7 Å². The number of aryl methyl sites for hydroxylation is 2. The normalized spacial score (nSPS) is 12.1. The van der Waals surface area contributed by atoms with Crippen molar-refractivity contribution in [3.8, 4) is 5.75 Å². The Morgan fingerprint density at radius 2 is 2.04 bits per heavy atom. The molecular weight excluding hydrogens is 387 g/mol. The van der Waals surface area contributed by atoms with Crippen molar-refractivity contribution in [3.05, 3.63) is 63.3 Å². The first-order chi connectivity index (χ1) is 13.1. The van der Waals surface area contributed by atoms with E-state index in [1.807, 2.05) is 0 Å². The highest BCUT2D eigenvalue weighted by molar-refractivity contribution is 7.46. The summed E-state index contributed by atoms with van der Waals surface area (Å²) in [6, 6.07) is 6.45. The maximum absolute atomic E-state index is 11.6. The number of benzene rings is 1. The van der Waals surface area contributed by atoms with Gasteiger partial charge in [0.2, 0.25) is 0 Å². The summed E-state index contributed by atoms with van der Waals surface area (Å²) >= 11 is 0. The van der Waals surface area contributed by atoms with Crippen LogP contribution in [-0.4, -0.2) is 26.1 Å². The number of hydrogen-bond donors (Lipinski definition) is 3. The summed E-state index contributed by atoms with van der Waals surface area (Å²) in [4.78, 5) is 37.5. The molecule has 0 spiro atoms. The number of rotatable bonds is 5. The van der Waals surface area contributed by atoms with Gasteiger partial charge in [0, 0.05) is 41.1 Å². The summed E-state index contributed by atoms with van der Waals surface area (Å²) in [5.41, 5.74) is 1.93. The molecule has 0 saturated carbocycles. The lowest BCUT2D eigenvalue weighted by atomic mass is 10.1. The van der Waals surface area contributed by atoms with E-state index in [4.69, 9.17) is 14.2 Å². The molecule has 3 aromatic rings. The number of nitrogens with zero attached hydrogens (tertiary/aromatic N) is 2. The van der Waals surface area contributed by atoms with Gasteiger partial charge in [-0.25, -0.2) is 9.36 Å². The third-order valence-electron chi connectivity index (χ3n) is 4.02. The van der Waals surface area contributed by atoms with Gasteiger partial charge in [-0.2, -0.15) is 0 Å². The lowest BCUT2D eigenvalue weighted by Crippen LogP contribution is -2.00. The molecular formula is C18H17N2O7P. The minimum atomic E-state index is -4.69. The predicted molar refractivity (Wildman–Crippen MR) is 102 cm³/mol. The van der Waals surface area contributed by atoms with Gasteiger partial charge in [0.25, 0.3) is 0 Å². The lowest BCUT2D eigenvalue weighted by Gasteiger charge is -2.10. The smallest absolute Gasteiger partial charge is 0.469 e. The molecule has 0 bridgehead atoms. The zero-order valence-electron chi connectivity index (χ0n) is 15.0. The van der Waals surface area contributed by atoms with E-state index in [0.29, 0.717) is 17.0 Å². The molecule has 0 fully saturated rings. The first kappa shape index (κ1) is 19.9. The van der Waals surface area contributed by atoms with Crippen molar-refractivity contribution < 1.29 is 28.4 Å². The molecule has 10 heteroatoms. The van der Waals surface area contributed by atoms with Gasteiger partial charge in [-0.15, -0.1) is 0 Å². The van der Waals surface area contributed by atoms with Gasteiger partial charge in [0.1, 0.15) is 11.3 Å². The molecule has 2 aromatic heterocycles. The highest BCUT2D eigenvalue weighted by Gasteiger charge is 2.17. The van der Waals surface area contributed by atoms with Crippen molar-refractivity contribution in [1.29, 1.82) is 0 Å². The van der Waals surface area contributed by atoms with Crippen molar-refractivity contribution in [3.63, 3.8) is 0 Å². The summed E-state index contributed by atoms with van der Waals surface area (Å²) in [5.74, 6) is -0.182. The molecule has 0 unspecified atom stereocenters. The van der Waals surface area contributed by atoms with Crippen LogP contribution in [0.2, 0.25) is 0 Å². The van der Waals surface area contributed by atoms with E-state index >= 15 is 0 Å². The summed E-state index contributed by atoms with van der Waals surface area (Å²) in [6.07, 6.45) is 2.67. The highest BCUT2D eigenvalue weighted by Crippen LogP contribution is 2.37. The van der Waals surface area contributed by atoms with Crippen LogP contribution in [0.3, 0.4) is 0 Å². The number of phosphoric ester groups is 1. The third kappa shape index (κ3) is 4.52. The predicted octanol–water partition coefficient (Wildman–Crippen LogP) is 2.87. The van der Waals surface area contributed by atoms with Crippen molar-refractivity contribution in [2.24, 2.45) is 4.99 Å². The fourth-order valence-corrected chi connectivity index (χ4v) is 2.91. The zero-order chi connectivity index (χ0) is 20.5. The zero-order valence-corrected chi connectivity index (χ0v) is 15.9. The van der Waals surface area contributed by atoms with Crippen LogP contribution in [0.4, 0.5) is 5.69 Å². The van der Waals surface area contributed by atoms with Crippen LogP contribution in [-0.2, 0) is 15.7 Å². The lowest BCUT2D eigenvalue weighted by molar-refractivity contribution is 0.188. The summed E-state index contributed by atoms with van der Waals surface area (Å²) in [5, 5.41) is 11.0. The molecule has 0 atom stereocenters. The van der Waals surface area contributed by atoms with Gasteiger partial charge in [-0.1, -0.05) is 0 Å². The van der Waals surface area contributed by atoms with Gasteiger partial charge in [0.05, 0.1) is 18.0 Å². The first-order valence-electron chi connectivity index (χ1n) is 8.10. The molecule has 2 heterocycles. The summed E-state index contributed by atoms with van der Waals surface area (Å²) < 4.78 is 20.6. The molecule has 3 N–H and O–H groups in total. The molecule has 0 aliphatic carbocycles. The molecule has 0 radical (unpaired) electrons. The van der Waals surface area contributed by atoms with E-state index in [1.165, 1.54) is 18.5 Å². The maximum Gasteiger partial charge on any atom is 0.469 e. The molecule has 28 heavy (non-hydrogen) atoms. The maximum atomic E-state index is 11.6. The standard InChI is InChI=1S/C18H17N2O7P/c1-10-5-17(21)27-16-6-13(3-4-14(10)16)20-8-15-12(9-26-28(23,24)25)7-19-11(2)18(15)22/h3-8,22H,9H2,1-2H3,(H2,23,24,25). The third-order valence-corrected chi connectivity index (χ3v) is 4.49. The molecule has 0 aliphatic heterocycles. The van der Waals surface area contributed by atoms with E-state index in [1.54, 1.807) is 32.0 Å². The Hall–Kier alpha value is -2.84. The molecule has 0 aliphatic rings. The van der Waals surface area contributed by atoms with Crippen LogP contribution in [0.15, 0.2) is 44.7 Å². The second kappa shape index (κ2) is 7.65. The molecule has 0 amide bonds. The van der Waals surface area contributed by atoms with Crippen LogP contribution in [0.1, 0.15) is 22.4 Å². The highest BCUT2D eigenvalue weighted by atomic mass is 31.2. The van der Waals surface area contributed by atoms with E-state index in [0.717, 1.165) is 10.9 Å². The Morgan fingerprint density at radius 3 is 2.75 bits per heavy atom. The van der Waals surface area contributed by atoms with Crippen LogP contribution in [0.25, 0.3) is 11.0 Å². The fourth-order valence-electron chi connectivity index (χ4n) is 2.60. The Morgan fingerprint density at radius 1 is 1.29 bits per heavy atom. The Balaban J connectivity index is 1.99. The second-order valence-corrected chi connectivity index (χ2v) is 7.32. The molecule has 3 rings (SSSR count). The van der Waals surface area contributed by atoms with Crippen molar-refractivity contribution in [2.75, 3.05) is 0 Å². The number of hydrogen-bond acceptors (Lipinski definition) is 7. The van der Waals surface area contributed by atoms with Crippen molar-refractivity contribution in [2.45, 2.75) is 20.5 Å². The van der Waals surface area contributed by atoms with E-state index in [2.05, 4.69) is 14.5 Å². The van der Waals surface area contributed by atoms with Crippen LogP contribution in [0, 0.1) is 13.8 Å². The van der Waals surface area contributed by atoms with E-state index in [9.17, 15) is 14.5 Å². The second-order valence-electron chi connectivity index (χ2n) is 6.08. The Kier molecular flexibility index (Phi) is 5.44. The summed E-state index contributed by atoms with van der Waals surface area (Å²) in [7, 11) is -4.69. The molecule has 1 aromatic carbocycles. The summed E-state index contributed by atoms with van der Waals surface area (Å²) in [6.45, 7) is 2.92. The molecule has 0 saturated heterocycles. The average Bonchev–Trinajstić information content (AvgIpc) is 2.60. The number of aromatic hydroxyl groups is 1. The minimum Gasteiger partial charge on any atom is -0.505 e. The van der Waals surface area contributed by atoms with Crippen molar-refractivity contribution in [1.82, 2.24) is 4.98 Å². The van der Waals surface area contributed by atoms with Gasteiger partial charge >= 0.3 is 13.4 Å². The van der Waals surface area contributed by atoms with Gasteiger partial charge in [-0.05, 0) is 31.5 Å². The quantitative estimate of drug-likeness (QED) is 0.335. The fraction of sp³-hybridized carbons (Fsp3) is 0.167.